The number of quaternary nitrogens is 1. The molecule has 0 spiro atoms. The second kappa shape index (κ2) is 53.1. The molecule has 74 heavy (non-hydrogen) atoms. The van der Waals surface area contributed by atoms with Crippen LogP contribution < -0.4 is 5.32 Å². The first-order chi connectivity index (χ1) is 35.9. The maximum atomic E-state index is 13.5. The molecule has 0 aromatic rings. The lowest BCUT2D eigenvalue weighted by Crippen LogP contribution is -2.47. The van der Waals surface area contributed by atoms with Crippen molar-refractivity contribution in [2.45, 2.75) is 245 Å². The van der Waals surface area contributed by atoms with Gasteiger partial charge in [-0.1, -0.05) is 214 Å². The number of hydrogen-bond donors (Lipinski definition) is 2. The maximum Gasteiger partial charge on any atom is 0.472 e. The summed E-state index contributed by atoms with van der Waals surface area (Å²) in [6.07, 6.45) is 72.2. The number of phosphoric ester groups is 1. The Hall–Kier alpha value is -3.33. The van der Waals surface area contributed by atoms with Crippen LogP contribution in [-0.4, -0.2) is 74.3 Å². The summed E-state index contributed by atoms with van der Waals surface area (Å²) < 4.78 is 30.6. The molecule has 0 radical (unpaired) electrons. The summed E-state index contributed by atoms with van der Waals surface area (Å²) in [7, 11) is 1.44. The van der Waals surface area contributed by atoms with Crippen molar-refractivity contribution in [1.82, 2.24) is 5.32 Å². The van der Waals surface area contributed by atoms with Gasteiger partial charge >= 0.3 is 13.8 Å². The van der Waals surface area contributed by atoms with Gasteiger partial charge in [-0.2, -0.15) is 0 Å². The predicted molar refractivity (Wildman–Crippen MR) is 318 cm³/mol. The van der Waals surface area contributed by atoms with Crippen molar-refractivity contribution < 1.29 is 37.3 Å². The van der Waals surface area contributed by atoms with Crippen LogP contribution in [0.25, 0.3) is 0 Å². The van der Waals surface area contributed by atoms with Crippen molar-refractivity contribution in [2.75, 3.05) is 40.9 Å². The number of phosphoric acid groups is 1. The van der Waals surface area contributed by atoms with Gasteiger partial charge in [0.1, 0.15) is 19.3 Å². The minimum Gasteiger partial charge on any atom is -0.456 e. The van der Waals surface area contributed by atoms with Crippen LogP contribution in [-0.2, 0) is 27.9 Å². The van der Waals surface area contributed by atoms with Crippen LogP contribution in [0.5, 0.6) is 0 Å². The molecule has 0 fully saturated rings. The number of ether oxygens (including phenoxy) is 1. The maximum absolute atomic E-state index is 13.5. The van der Waals surface area contributed by atoms with Gasteiger partial charge in [0.15, 0.2) is 0 Å². The number of hydrogen-bond acceptors (Lipinski definition) is 6. The van der Waals surface area contributed by atoms with E-state index in [-0.39, 0.29) is 31.5 Å². The zero-order valence-corrected chi connectivity index (χ0v) is 49.2. The third-order valence-electron chi connectivity index (χ3n) is 12.4. The molecule has 0 rings (SSSR count). The highest BCUT2D eigenvalue weighted by atomic mass is 31.2. The highest BCUT2D eigenvalue weighted by Gasteiger charge is 2.30. The lowest BCUT2D eigenvalue weighted by atomic mass is 10.1. The average Bonchev–Trinajstić information content (AvgIpc) is 3.36. The van der Waals surface area contributed by atoms with Gasteiger partial charge in [-0.25, -0.2) is 4.57 Å². The first kappa shape index (κ1) is 70.7. The molecule has 3 unspecified atom stereocenters. The Kier molecular flexibility index (Phi) is 50.7. The van der Waals surface area contributed by atoms with Gasteiger partial charge in [-0.05, 0) is 115 Å². The number of carbonyl (C=O) groups excluding carboxylic acids is 2. The lowest BCUT2D eigenvalue weighted by Gasteiger charge is -2.27. The number of allylic oxidation sites excluding steroid dienone is 17. The zero-order chi connectivity index (χ0) is 54.3. The quantitative estimate of drug-likeness (QED) is 0.0205. The Morgan fingerprint density at radius 1 is 0.486 bits per heavy atom. The monoisotopic (exact) mass is 1050 g/mol. The highest BCUT2D eigenvalue weighted by Crippen LogP contribution is 2.43. The summed E-state index contributed by atoms with van der Waals surface area (Å²) in [5.74, 6) is -0.575. The molecule has 0 aromatic carbocycles. The molecule has 0 aliphatic carbocycles. The van der Waals surface area contributed by atoms with E-state index < -0.39 is 20.0 Å². The molecule has 1 amide bonds. The van der Waals surface area contributed by atoms with Crippen molar-refractivity contribution in [3.05, 3.63) is 109 Å². The summed E-state index contributed by atoms with van der Waals surface area (Å²) in [5.41, 5.74) is 0. The highest BCUT2D eigenvalue weighted by molar-refractivity contribution is 7.47. The number of esters is 1. The molecule has 0 aromatic heterocycles. The number of nitrogens with zero attached hydrogens (tertiary/aromatic N) is 1. The fourth-order valence-electron chi connectivity index (χ4n) is 7.85. The van der Waals surface area contributed by atoms with E-state index in [9.17, 15) is 19.0 Å². The minimum atomic E-state index is -4.47. The van der Waals surface area contributed by atoms with Gasteiger partial charge < -0.3 is 19.4 Å². The van der Waals surface area contributed by atoms with E-state index in [1.165, 1.54) is 77.0 Å². The molecule has 0 saturated heterocycles. The number of unbranched alkanes of at least 4 members (excludes halogenated alkanes) is 20. The molecule has 0 aliphatic rings. The fraction of sp³-hybridized carbons (Fsp3) is 0.688. The molecule has 0 bridgehead atoms. The molecule has 0 saturated carbocycles. The van der Waals surface area contributed by atoms with Crippen molar-refractivity contribution in [3.63, 3.8) is 0 Å². The summed E-state index contributed by atoms with van der Waals surface area (Å²) >= 11 is 0. The second-order valence-corrected chi connectivity index (χ2v) is 22.2. The third-order valence-corrected chi connectivity index (χ3v) is 13.4. The van der Waals surface area contributed by atoms with Gasteiger partial charge in [0.25, 0.3) is 0 Å². The molecule has 3 atom stereocenters. The second-order valence-electron chi connectivity index (χ2n) is 20.8. The average molecular weight is 1050 g/mol. The SMILES string of the molecule is CC/C=C\C/C=C\C/C=C\C/C=C\C/C=C\CCCCCC(=O)OC(/C=C/CCCCCCCCCCCC)C(COP(=O)(O)OCC[N+](C)(C)C)NC(=O)CCCCCC/C=C\C/C=C\C/C=C\CCCCC. The van der Waals surface area contributed by atoms with Crippen LogP contribution in [0.4, 0.5) is 0 Å². The minimum absolute atomic E-state index is 0.0243. The number of carbonyl (C=O) groups is 2. The molecule has 10 heteroatoms. The van der Waals surface area contributed by atoms with Crippen molar-refractivity contribution >= 4 is 19.7 Å². The van der Waals surface area contributed by atoms with E-state index in [1.807, 2.05) is 33.3 Å². The Labute approximate surface area is 455 Å². The first-order valence-corrected chi connectivity index (χ1v) is 31.2. The Balaban J connectivity index is 5.43. The van der Waals surface area contributed by atoms with Crippen molar-refractivity contribution in [2.24, 2.45) is 0 Å². The van der Waals surface area contributed by atoms with E-state index in [0.29, 0.717) is 30.3 Å². The Morgan fingerprint density at radius 3 is 1.34 bits per heavy atom. The predicted octanol–water partition coefficient (Wildman–Crippen LogP) is 18.2. The zero-order valence-electron chi connectivity index (χ0n) is 48.3. The number of likely N-dealkylation sites (N-methyl/N-ethyl adjacent to an activating group) is 1. The van der Waals surface area contributed by atoms with E-state index in [1.54, 1.807) is 0 Å². The van der Waals surface area contributed by atoms with Crippen LogP contribution in [0.3, 0.4) is 0 Å². The topological polar surface area (TPSA) is 111 Å². The van der Waals surface area contributed by atoms with E-state index in [0.717, 1.165) is 109 Å². The molecule has 9 nitrogen and oxygen atoms in total. The Morgan fingerprint density at radius 2 is 0.865 bits per heavy atom. The third kappa shape index (κ3) is 53.5. The summed E-state index contributed by atoms with van der Waals surface area (Å²) in [6, 6.07) is -0.880. The van der Waals surface area contributed by atoms with Gasteiger partial charge in [-0.15, -0.1) is 0 Å². The summed E-state index contributed by atoms with van der Waals surface area (Å²) in [6.45, 7) is 6.81. The molecular formula is C64H112N2O7P+. The summed E-state index contributed by atoms with van der Waals surface area (Å²) in [4.78, 5) is 37.6. The number of nitrogens with one attached hydrogen (secondary N) is 1. The van der Waals surface area contributed by atoms with E-state index >= 15 is 0 Å². The van der Waals surface area contributed by atoms with Crippen LogP contribution in [0.15, 0.2) is 109 Å². The first-order valence-electron chi connectivity index (χ1n) is 29.7. The van der Waals surface area contributed by atoms with Crippen LogP contribution in [0, 0.1) is 0 Å². The van der Waals surface area contributed by atoms with Gasteiger partial charge in [0.05, 0.1) is 33.8 Å². The Bertz CT molecular complexity index is 1640. The number of rotatable bonds is 52. The summed E-state index contributed by atoms with van der Waals surface area (Å²) in [5, 5.41) is 3.03. The molecule has 0 aliphatic heterocycles. The van der Waals surface area contributed by atoms with Gasteiger partial charge in [0, 0.05) is 12.8 Å². The lowest BCUT2D eigenvalue weighted by molar-refractivity contribution is -0.870. The van der Waals surface area contributed by atoms with Crippen LogP contribution >= 0.6 is 7.82 Å². The van der Waals surface area contributed by atoms with Gasteiger partial charge in [0.2, 0.25) is 5.91 Å². The van der Waals surface area contributed by atoms with Crippen molar-refractivity contribution in [3.8, 4) is 0 Å². The van der Waals surface area contributed by atoms with E-state index in [2.05, 4.69) is 123 Å². The normalized spacial score (nSPS) is 14.5. The van der Waals surface area contributed by atoms with E-state index in [4.69, 9.17) is 13.8 Å². The standard InChI is InChI=1S/C64H111N2O7P/c1-7-10-13-16-19-22-25-28-30-32-33-35-37-39-42-45-48-51-54-57-64(68)73-62(55-52-49-46-43-40-27-24-21-18-15-12-9-3)61(60-72-74(69,70)71-59-58-66(4,5)6)65-63(67)56-53-50-47-44-41-38-36-34-31-29-26-23-20-17-14-11-8-2/h10,13,19-20,22-23,28-31,33,35-36,38-39,42,52,55,61-62H,7-9,11-12,14-18,21,24-27,32,34,37,40-41,43-51,53-54,56-60H2,1-6H3,(H-,65,67,69,70)/p+1/b13-10-,22-19-,23-20-,30-28-,31-29-,35-33-,38-36-,42-39-,55-52+. The van der Waals surface area contributed by atoms with Gasteiger partial charge in [-0.3, -0.25) is 18.6 Å². The molecule has 0 heterocycles. The molecule has 424 valence electrons. The van der Waals surface area contributed by atoms with Crippen LogP contribution in [0.1, 0.15) is 233 Å². The van der Waals surface area contributed by atoms with Crippen molar-refractivity contribution in [1.29, 1.82) is 0 Å². The smallest absolute Gasteiger partial charge is 0.456 e. The molecular weight excluding hydrogens is 940 g/mol. The molecule has 2 N–H and O–H groups in total. The fourth-order valence-corrected chi connectivity index (χ4v) is 8.59. The largest absolute Gasteiger partial charge is 0.472 e. The number of amides is 1. The van der Waals surface area contributed by atoms with Crippen LogP contribution in [0.2, 0.25) is 0 Å².